The number of primary sulfonamides is 1. The fraction of sp³-hybridized carbons (Fsp3) is 0.0714. The van der Waals surface area contributed by atoms with Gasteiger partial charge in [-0.15, -0.1) is 0 Å². The third-order valence-corrected chi connectivity index (χ3v) is 4.07. The Kier molecular flexibility index (Phi) is 5.57. The number of nitro groups is 1. The van der Waals surface area contributed by atoms with Crippen LogP contribution in [0.5, 0.6) is 5.75 Å². The van der Waals surface area contributed by atoms with Crippen LogP contribution in [0.2, 0.25) is 5.02 Å². The highest BCUT2D eigenvalue weighted by molar-refractivity contribution is 7.89. The lowest BCUT2D eigenvalue weighted by Crippen LogP contribution is -2.21. The summed E-state index contributed by atoms with van der Waals surface area (Å²) in [5, 5.41) is 18.5. The molecule has 11 heteroatoms. The van der Waals surface area contributed by atoms with Crippen LogP contribution in [-0.4, -0.2) is 25.9 Å². The molecule has 0 saturated carbocycles. The summed E-state index contributed by atoms with van der Waals surface area (Å²) < 4.78 is 27.7. The second kappa shape index (κ2) is 7.47. The number of hydrogen-bond donors (Lipinski definition) is 2. The fourth-order valence-corrected chi connectivity index (χ4v) is 2.57. The van der Waals surface area contributed by atoms with Crippen molar-refractivity contribution in [3.8, 4) is 5.75 Å². The number of sulfonamides is 1. The van der Waals surface area contributed by atoms with Crippen LogP contribution in [0.4, 0.5) is 11.4 Å². The molecule has 9 nitrogen and oxygen atoms in total. The van der Waals surface area contributed by atoms with Crippen LogP contribution in [0.15, 0.2) is 47.4 Å². The molecule has 132 valence electrons. The first-order chi connectivity index (χ1) is 11.7. The van der Waals surface area contributed by atoms with E-state index in [2.05, 4.69) is 5.32 Å². The van der Waals surface area contributed by atoms with Crippen molar-refractivity contribution in [2.24, 2.45) is 5.14 Å². The van der Waals surface area contributed by atoms with Crippen molar-refractivity contribution >= 4 is 38.9 Å². The quantitative estimate of drug-likeness (QED) is 0.574. The second-order valence-electron chi connectivity index (χ2n) is 4.78. The van der Waals surface area contributed by atoms with Gasteiger partial charge in [0.25, 0.3) is 5.91 Å². The number of nitrogens with two attached hydrogens (primary N) is 1. The number of benzene rings is 2. The van der Waals surface area contributed by atoms with Gasteiger partial charge in [0, 0.05) is 16.8 Å². The number of rotatable bonds is 6. The zero-order valence-corrected chi connectivity index (χ0v) is 14.1. The largest absolute Gasteiger partial charge is 0.477 e. The van der Waals surface area contributed by atoms with E-state index in [1.165, 1.54) is 36.4 Å². The van der Waals surface area contributed by atoms with Crippen LogP contribution < -0.4 is 15.2 Å². The molecular formula is C14H12ClN3O6S. The molecule has 0 aliphatic carbocycles. The molecule has 2 rings (SSSR count). The lowest BCUT2D eigenvalue weighted by atomic mass is 10.3. The van der Waals surface area contributed by atoms with Crippen LogP contribution in [0.25, 0.3) is 0 Å². The van der Waals surface area contributed by atoms with Gasteiger partial charge in [-0.1, -0.05) is 17.7 Å². The number of hydrogen-bond acceptors (Lipinski definition) is 6. The van der Waals surface area contributed by atoms with Crippen molar-refractivity contribution in [2.45, 2.75) is 4.90 Å². The standard InChI is InChI=1S/C14H12ClN3O6S/c15-9-4-5-13(12(6-9)18(20)21)24-8-14(19)17-10-2-1-3-11(7-10)25(16,22)23/h1-7H,8H2,(H,17,19)(H2,16,22,23). The first kappa shape index (κ1) is 18.6. The lowest BCUT2D eigenvalue weighted by molar-refractivity contribution is -0.385. The number of nitrogens with one attached hydrogen (secondary N) is 1. The average molecular weight is 386 g/mol. The van der Waals surface area contributed by atoms with Crippen molar-refractivity contribution in [1.82, 2.24) is 0 Å². The Morgan fingerprint density at radius 2 is 2.00 bits per heavy atom. The Morgan fingerprint density at radius 1 is 1.28 bits per heavy atom. The maximum absolute atomic E-state index is 11.9. The van der Waals surface area contributed by atoms with Crippen molar-refractivity contribution in [1.29, 1.82) is 0 Å². The molecule has 25 heavy (non-hydrogen) atoms. The number of amides is 1. The Morgan fingerprint density at radius 3 is 2.64 bits per heavy atom. The maximum Gasteiger partial charge on any atom is 0.312 e. The van der Waals surface area contributed by atoms with Crippen molar-refractivity contribution in [3.05, 3.63) is 57.6 Å². The molecule has 0 atom stereocenters. The number of anilines is 1. The molecule has 2 aromatic rings. The van der Waals surface area contributed by atoms with E-state index < -0.39 is 27.5 Å². The molecule has 0 saturated heterocycles. The number of carbonyl (C=O) groups excluding carboxylic acids is 1. The van der Waals surface area contributed by atoms with Gasteiger partial charge >= 0.3 is 5.69 Å². The summed E-state index contributed by atoms with van der Waals surface area (Å²) in [7, 11) is -3.91. The molecule has 0 fully saturated rings. The Balaban J connectivity index is 2.06. The number of nitro benzene ring substituents is 1. The summed E-state index contributed by atoms with van der Waals surface area (Å²) in [5.41, 5.74) is -0.192. The minimum atomic E-state index is -3.91. The zero-order chi connectivity index (χ0) is 18.6. The molecule has 3 N–H and O–H groups in total. The van der Waals surface area contributed by atoms with Gasteiger partial charge < -0.3 is 10.1 Å². The summed E-state index contributed by atoms with van der Waals surface area (Å²) in [5.74, 6) is -0.765. The molecule has 2 aromatic carbocycles. The van der Waals surface area contributed by atoms with Crippen LogP contribution in [0, 0.1) is 10.1 Å². The minimum Gasteiger partial charge on any atom is -0.477 e. The Bertz CT molecular complexity index is 932. The van der Waals surface area contributed by atoms with E-state index in [1.807, 2.05) is 0 Å². The Hall–Kier alpha value is -2.69. The predicted molar refractivity (Wildman–Crippen MR) is 90.0 cm³/mol. The third kappa shape index (κ3) is 5.14. The minimum absolute atomic E-state index is 0.122. The fourth-order valence-electron chi connectivity index (χ4n) is 1.85. The van der Waals surface area contributed by atoms with Gasteiger partial charge in [0.15, 0.2) is 12.4 Å². The summed E-state index contributed by atoms with van der Waals surface area (Å²) in [6, 6.07) is 9.07. The highest BCUT2D eigenvalue weighted by Crippen LogP contribution is 2.29. The number of halogens is 1. The molecule has 0 aliphatic heterocycles. The molecule has 0 aliphatic rings. The number of carbonyl (C=O) groups is 1. The van der Waals surface area contributed by atoms with Crippen molar-refractivity contribution < 1.29 is 22.9 Å². The summed E-state index contributed by atoms with van der Waals surface area (Å²) in [4.78, 5) is 22.0. The third-order valence-electron chi connectivity index (χ3n) is 2.92. The van der Waals surface area contributed by atoms with E-state index in [4.69, 9.17) is 21.5 Å². The second-order valence-corrected chi connectivity index (χ2v) is 6.78. The zero-order valence-electron chi connectivity index (χ0n) is 12.5. The van der Waals surface area contributed by atoms with E-state index in [1.54, 1.807) is 0 Å². The average Bonchev–Trinajstić information content (AvgIpc) is 2.53. The Labute approximate surface area is 147 Å². The maximum atomic E-state index is 11.9. The molecule has 0 spiro atoms. The monoisotopic (exact) mass is 385 g/mol. The van der Waals surface area contributed by atoms with Gasteiger partial charge in [-0.25, -0.2) is 13.6 Å². The van der Waals surface area contributed by atoms with E-state index in [0.717, 1.165) is 6.07 Å². The highest BCUT2D eigenvalue weighted by Gasteiger charge is 2.17. The van der Waals surface area contributed by atoms with Gasteiger partial charge in [-0.2, -0.15) is 0 Å². The highest BCUT2D eigenvalue weighted by atomic mass is 35.5. The molecule has 0 unspecified atom stereocenters. The van der Waals surface area contributed by atoms with E-state index in [0.29, 0.717) is 0 Å². The van der Waals surface area contributed by atoms with Gasteiger partial charge in [0.1, 0.15) is 0 Å². The summed E-state index contributed by atoms with van der Waals surface area (Å²) in [6.07, 6.45) is 0. The lowest BCUT2D eigenvalue weighted by Gasteiger charge is -2.09. The first-order valence-electron chi connectivity index (χ1n) is 6.66. The van der Waals surface area contributed by atoms with E-state index in [-0.39, 0.29) is 27.0 Å². The number of ether oxygens (including phenoxy) is 1. The van der Waals surface area contributed by atoms with Crippen molar-refractivity contribution in [2.75, 3.05) is 11.9 Å². The normalized spacial score (nSPS) is 11.0. The van der Waals surface area contributed by atoms with Crippen LogP contribution >= 0.6 is 11.6 Å². The molecule has 0 radical (unpaired) electrons. The van der Waals surface area contributed by atoms with Gasteiger partial charge in [-0.05, 0) is 30.3 Å². The summed E-state index contributed by atoms with van der Waals surface area (Å²) >= 11 is 5.68. The molecule has 1 amide bonds. The van der Waals surface area contributed by atoms with Gasteiger partial charge in [0.2, 0.25) is 10.0 Å². The van der Waals surface area contributed by atoms with E-state index >= 15 is 0 Å². The molecule has 0 heterocycles. The van der Waals surface area contributed by atoms with Gasteiger partial charge in [-0.3, -0.25) is 14.9 Å². The number of nitrogens with zero attached hydrogens (tertiary/aromatic N) is 1. The van der Waals surface area contributed by atoms with Crippen LogP contribution in [0.3, 0.4) is 0 Å². The van der Waals surface area contributed by atoms with Crippen LogP contribution in [-0.2, 0) is 14.8 Å². The molecular weight excluding hydrogens is 374 g/mol. The predicted octanol–water partition coefficient (Wildman–Crippen LogP) is 1.91. The smallest absolute Gasteiger partial charge is 0.312 e. The summed E-state index contributed by atoms with van der Waals surface area (Å²) in [6.45, 7) is -0.526. The van der Waals surface area contributed by atoms with Gasteiger partial charge in [0.05, 0.1) is 9.82 Å². The topological polar surface area (TPSA) is 142 Å². The van der Waals surface area contributed by atoms with Crippen molar-refractivity contribution in [3.63, 3.8) is 0 Å². The van der Waals surface area contributed by atoms with Crippen LogP contribution in [0.1, 0.15) is 0 Å². The SMILES string of the molecule is NS(=O)(=O)c1cccc(NC(=O)COc2ccc(Cl)cc2[N+](=O)[O-])c1. The first-order valence-corrected chi connectivity index (χ1v) is 8.59. The molecule has 0 aromatic heterocycles. The molecule has 0 bridgehead atoms. The van der Waals surface area contributed by atoms with E-state index in [9.17, 15) is 23.3 Å².